The molecule has 4 N–H and O–H groups in total. The number of para-hydroxylation sites is 1. The van der Waals surface area contributed by atoms with E-state index < -0.39 is 11.8 Å². The second kappa shape index (κ2) is 10.2. The van der Waals surface area contributed by atoms with Crippen LogP contribution in [0.1, 0.15) is 51.7 Å². The maximum Gasteiger partial charge on any atom is 0.307 e. The zero-order valence-electron chi connectivity index (χ0n) is 19.2. The Morgan fingerprint density at radius 1 is 1.22 bits per heavy atom. The van der Waals surface area contributed by atoms with Crippen LogP contribution in [0.3, 0.4) is 0 Å². The predicted molar refractivity (Wildman–Crippen MR) is 125 cm³/mol. The van der Waals surface area contributed by atoms with E-state index >= 15 is 0 Å². The van der Waals surface area contributed by atoms with Gasteiger partial charge in [-0.3, -0.25) is 4.79 Å². The molecule has 0 amide bonds. The summed E-state index contributed by atoms with van der Waals surface area (Å²) in [6, 6.07) is 9.83. The molecule has 6 nitrogen and oxygen atoms in total. The minimum atomic E-state index is -0.946. The highest BCUT2D eigenvalue weighted by Crippen LogP contribution is 2.36. The number of carboxylic acid groups (broad SMARTS) is 1. The SMILES string of the molecule is CC1(C)CC(N)CC(C)(C)N1[O].Cc1ccc(Nc2c(F)cccc2Cl)c(CC(=O)O)c1. The van der Waals surface area contributed by atoms with E-state index in [0.29, 0.717) is 11.3 Å². The Morgan fingerprint density at radius 3 is 2.34 bits per heavy atom. The van der Waals surface area contributed by atoms with Crippen LogP contribution in [0.2, 0.25) is 5.02 Å². The number of nitrogens with one attached hydrogen (secondary N) is 1. The Labute approximate surface area is 194 Å². The molecule has 1 fully saturated rings. The van der Waals surface area contributed by atoms with Gasteiger partial charge in [0.15, 0.2) is 0 Å². The summed E-state index contributed by atoms with van der Waals surface area (Å²) in [4.78, 5) is 10.9. The fraction of sp³-hybridized carbons (Fsp3) is 0.458. The summed E-state index contributed by atoms with van der Waals surface area (Å²) in [5, 5.41) is 25.0. The van der Waals surface area contributed by atoms with Gasteiger partial charge in [-0.25, -0.2) is 4.39 Å². The smallest absolute Gasteiger partial charge is 0.307 e. The Hall–Kier alpha value is -2.19. The maximum atomic E-state index is 13.7. The highest BCUT2D eigenvalue weighted by molar-refractivity contribution is 6.33. The van der Waals surface area contributed by atoms with Crippen LogP contribution in [-0.4, -0.2) is 33.3 Å². The van der Waals surface area contributed by atoms with Crippen LogP contribution < -0.4 is 11.1 Å². The lowest BCUT2D eigenvalue weighted by Gasteiger charge is -2.49. The van der Waals surface area contributed by atoms with E-state index in [1.54, 1.807) is 18.2 Å². The number of benzene rings is 2. The molecule has 8 heteroatoms. The highest BCUT2D eigenvalue weighted by Gasteiger charge is 2.44. The van der Waals surface area contributed by atoms with Crippen LogP contribution in [0, 0.1) is 12.7 Å². The zero-order chi connectivity index (χ0) is 24.3. The van der Waals surface area contributed by atoms with Crippen molar-refractivity contribution in [2.45, 2.75) is 71.0 Å². The quantitative estimate of drug-likeness (QED) is 0.557. The van der Waals surface area contributed by atoms with Crippen LogP contribution in [0.25, 0.3) is 0 Å². The molecule has 32 heavy (non-hydrogen) atoms. The molecule has 0 spiro atoms. The molecule has 3 rings (SSSR count). The normalized spacial score (nSPS) is 17.9. The molecule has 0 aliphatic carbocycles. The monoisotopic (exact) mass is 464 g/mol. The first-order chi connectivity index (χ1) is 14.7. The van der Waals surface area contributed by atoms with Crippen LogP contribution in [0.4, 0.5) is 15.8 Å². The molecular weight excluding hydrogens is 433 g/mol. The van der Waals surface area contributed by atoms with Gasteiger partial charge in [-0.1, -0.05) is 35.4 Å². The molecule has 0 saturated carbocycles. The van der Waals surface area contributed by atoms with Crippen molar-refractivity contribution in [1.82, 2.24) is 5.06 Å². The lowest BCUT2D eigenvalue weighted by Crippen LogP contribution is -2.61. The van der Waals surface area contributed by atoms with Gasteiger partial charge < -0.3 is 16.2 Å². The van der Waals surface area contributed by atoms with Crippen molar-refractivity contribution < 1.29 is 19.5 Å². The van der Waals surface area contributed by atoms with Gasteiger partial charge in [-0.15, -0.1) is 10.3 Å². The number of anilines is 2. The van der Waals surface area contributed by atoms with Crippen molar-refractivity contribution in [1.29, 1.82) is 0 Å². The van der Waals surface area contributed by atoms with E-state index in [4.69, 9.17) is 22.4 Å². The second-order valence-corrected chi connectivity index (χ2v) is 9.95. The summed E-state index contributed by atoms with van der Waals surface area (Å²) in [5.74, 6) is -1.43. The molecule has 0 unspecified atom stereocenters. The summed E-state index contributed by atoms with van der Waals surface area (Å²) >= 11 is 5.95. The number of aryl methyl sites for hydroxylation is 1. The Morgan fingerprint density at radius 2 is 1.81 bits per heavy atom. The van der Waals surface area contributed by atoms with E-state index in [2.05, 4.69) is 5.32 Å². The number of rotatable bonds is 4. The number of carbonyl (C=O) groups is 1. The van der Waals surface area contributed by atoms with E-state index in [-0.39, 0.29) is 34.3 Å². The third kappa shape index (κ3) is 6.65. The highest BCUT2D eigenvalue weighted by atomic mass is 35.5. The fourth-order valence-corrected chi connectivity index (χ4v) is 4.46. The van der Waals surface area contributed by atoms with Gasteiger partial charge in [0, 0.05) is 22.8 Å². The molecule has 0 atom stereocenters. The molecular formula is C24H32ClFN3O3. The Balaban J connectivity index is 0.000000258. The largest absolute Gasteiger partial charge is 0.481 e. The van der Waals surface area contributed by atoms with E-state index in [1.165, 1.54) is 17.2 Å². The minimum Gasteiger partial charge on any atom is -0.481 e. The van der Waals surface area contributed by atoms with Crippen molar-refractivity contribution in [3.05, 3.63) is 58.4 Å². The number of hydrogen-bond donors (Lipinski definition) is 3. The lowest BCUT2D eigenvalue weighted by molar-refractivity contribution is -0.288. The van der Waals surface area contributed by atoms with Crippen molar-refractivity contribution >= 4 is 28.9 Å². The molecule has 0 bridgehead atoms. The summed E-state index contributed by atoms with van der Waals surface area (Å²) in [6.45, 7) is 9.70. The topological polar surface area (TPSA) is 98.5 Å². The standard InChI is InChI=1S/C15H13ClFNO2.C9H19N2O/c1-9-5-6-13(10(7-9)8-14(19)20)18-15-11(16)3-2-4-12(15)17;1-8(2)5-7(10)6-9(3,4)11(8)12/h2-7,18H,8H2,1H3,(H,19,20);7H,5-6,10H2,1-4H3. The van der Waals surface area contributed by atoms with Crippen LogP contribution in [0.15, 0.2) is 36.4 Å². The van der Waals surface area contributed by atoms with Crippen LogP contribution in [0.5, 0.6) is 0 Å². The summed E-state index contributed by atoms with van der Waals surface area (Å²) < 4.78 is 13.7. The maximum absolute atomic E-state index is 13.7. The first-order valence-corrected chi connectivity index (χ1v) is 10.9. The zero-order valence-corrected chi connectivity index (χ0v) is 20.0. The van der Waals surface area contributed by atoms with Crippen molar-refractivity contribution in [3.63, 3.8) is 0 Å². The van der Waals surface area contributed by atoms with E-state index in [9.17, 15) is 14.4 Å². The van der Waals surface area contributed by atoms with Gasteiger partial charge in [0.1, 0.15) is 5.82 Å². The molecule has 1 radical (unpaired) electrons. The number of hydroxylamine groups is 2. The first kappa shape index (κ1) is 26.1. The molecule has 1 aliphatic rings. The van der Waals surface area contributed by atoms with Gasteiger partial charge in [0.2, 0.25) is 0 Å². The number of halogens is 2. The Bertz CT molecular complexity index is 927. The van der Waals surface area contributed by atoms with Crippen molar-refractivity contribution in [3.8, 4) is 0 Å². The van der Waals surface area contributed by atoms with Gasteiger partial charge >= 0.3 is 5.97 Å². The van der Waals surface area contributed by atoms with Gasteiger partial charge in [0.05, 0.1) is 17.1 Å². The fourth-order valence-electron chi connectivity index (χ4n) is 4.25. The Kier molecular flexibility index (Phi) is 8.28. The summed E-state index contributed by atoms with van der Waals surface area (Å²) in [7, 11) is 0. The number of nitrogens with two attached hydrogens (primary N) is 1. The first-order valence-electron chi connectivity index (χ1n) is 10.5. The van der Waals surface area contributed by atoms with Gasteiger partial charge in [0.25, 0.3) is 0 Å². The number of piperidine rings is 1. The van der Waals surface area contributed by atoms with E-state index in [1.807, 2.05) is 40.7 Å². The molecule has 175 valence electrons. The van der Waals surface area contributed by atoms with Gasteiger partial charge in [-0.2, -0.15) is 0 Å². The molecule has 1 saturated heterocycles. The summed E-state index contributed by atoms with van der Waals surface area (Å²) in [6.07, 6.45) is 1.44. The number of aliphatic carboxylic acids is 1. The van der Waals surface area contributed by atoms with Crippen molar-refractivity contribution in [2.75, 3.05) is 5.32 Å². The van der Waals surface area contributed by atoms with E-state index in [0.717, 1.165) is 18.4 Å². The molecule has 2 aromatic carbocycles. The lowest BCUT2D eigenvalue weighted by atomic mass is 9.79. The second-order valence-electron chi connectivity index (χ2n) is 9.54. The average molecular weight is 465 g/mol. The molecule has 1 heterocycles. The minimum absolute atomic E-state index is 0.143. The molecule has 2 aromatic rings. The van der Waals surface area contributed by atoms with Crippen LogP contribution in [-0.2, 0) is 16.4 Å². The third-order valence-corrected chi connectivity index (χ3v) is 5.76. The average Bonchev–Trinajstić information content (AvgIpc) is 2.64. The number of hydrogen-bond acceptors (Lipinski definition) is 4. The number of carboxylic acids is 1. The molecule has 0 aromatic heterocycles. The number of nitrogens with zero attached hydrogens (tertiary/aromatic N) is 1. The molecule has 1 aliphatic heterocycles. The van der Waals surface area contributed by atoms with Crippen molar-refractivity contribution in [2.24, 2.45) is 5.73 Å². The predicted octanol–water partition coefficient (Wildman–Crippen LogP) is 5.47. The van der Waals surface area contributed by atoms with Gasteiger partial charge in [-0.05, 0) is 71.2 Å². The summed E-state index contributed by atoms with van der Waals surface area (Å²) in [5.41, 5.74) is 7.47. The van der Waals surface area contributed by atoms with Crippen LogP contribution >= 0.6 is 11.6 Å². The third-order valence-electron chi connectivity index (χ3n) is 5.45.